The van der Waals surface area contributed by atoms with Crippen molar-refractivity contribution >= 4 is 15.1 Å². The number of hydrogen-bond acceptors (Lipinski definition) is 3. The topological polar surface area (TPSA) is 84.0 Å². The lowest BCUT2D eigenvalue weighted by Gasteiger charge is -1.87. The van der Waals surface area contributed by atoms with Crippen molar-refractivity contribution in [3.05, 3.63) is 12.7 Å². The van der Waals surface area contributed by atoms with E-state index in [-0.39, 0.29) is 0 Å². The first-order chi connectivity index (χ1) is 3.48. The van der Waals surface area contributed by atoms with E-state index in [1.54, 1.807) is 0 Å². The molecule has 0 aliphatic rings. The molecular weight excluding hydrogens is 128 g/mol. The lowest BCUT2D eigenvalue weighted by molar-refractivity contribution is 0.608. The number of nitrogens with one attached hydrogen (secondary N) is 1. The molecule has 0 aromatic carbocycles. The minimum atomic E-state index is -3.79. The molecule has 0 bridgehead atoms. The smallest absolute Gasteiger partial charge is 0.254 e. The van der Waals surface area contributed by atoms with E-state index in [0.29, 0.717) is 0 Å². The Kier molecular flexibility index (Phi) is 1.88. The number of rotatable bonds is 1. The Morgan fingerprint density at radius 3 is 2.12 bits per heavy atom. The van der Waals surface area contributed by atoms with E-state index < -0.39 is 15.1 Å². The monoisotopic (exact) mass is 134 g/mol. The molecule has 0 amide bonds. The van der Waals surface area contributed by atoms with E-state index in [9.17, 15) is 8.42 Å². The van der Waals surface area contributed by atoms with Crippen molar-refractivity contribution in [3.63, 3.8) is 0 Å². The molecule has 0 atom stereocenters. The average molecular weight is 134 g/mol. The molecule has 0 aromatic heterocycles. The second-order valence-corrected chi connectivity index (χ2v) is 2.64. The zero-order chi connectivity index (χ0) is 6.78. The Morgan fingerprint density at radius 1 is 1.75 bits per heavy atom. The Hall–Kier alpha value is -0.680. The summed E-state index contributed by atoms with van der Waals surface area (Å²) in [7, 11) is -3.79. The normalized spacial score (nSPS) is 10.6. The quantitative estimate of drug-likeness (QED) is 0.372. The fraction of sp³-hybridized carbons (Fsp3) is 0. The fourth-order valence-electron chi connectivity index (χ4n) is 0.116. The molecule has 0 saturated heterocycles. The van der Waals surface area contributed by atoms with Gasteiger partial charge in [0.1, 0.15) is 0 Å². The van der Waals surface area contributed by atoms with Crippen molar-refractivity contribution in [2.45, 2.75) is 0 Å². The highest BCUT2D eigenvalue weighted by Crippen LogP contribution is 1.80. The summed E-state index contributed by atoms with van der Waals surface area (Å²) in [4.78, 5) is 0. The molecule has 0 saturated carbocycles. The summed E-state index contributed by atoms with van der Waals surface area (Å²) in [5.74, 6) is 0. The minimum Gasteiger partial charge on any atom is -0.288 e. The SMILES string of the molecule is C=CC(=N)S(N)(=O)=O. The summed E-state index contributed by atoms with van der Waals surface area (Å²) in [6.07, 6.45) is 0.870. The van der Waals surface area contributed by atoms with Gasteiger partial charge in [0.15, 0.2) is 5.04 Å². The van der Waals surface area contributed by atoms with Crippen LogP contribution in [0.3, 0.4) is 0 Å². The van der Waals surface area contributed by atoms with Crippen LogP contribution in [-0.4, -0.2) is 13.5 Å². The molecule has 0 aromatic rings. The zero-order valence-electron chi connectivity index (χ0n) is 4.09. The van der Waals surface area contributed by atoms with Crippen LogP contribution in [0.1, 0.15) is 0 Å². The first kappa shape index (κ1) is 7.32. The van der Waals surface area contributed by atoms with Crippen LogP contribution in [0.2, 0.25) is 0 Å². The molecule has 8 heavy (non-hydrogen) atoms. The third-order valence-corrected chi connectivity index (χ3v) is 1.27. The second kappa shape index (κ2) is 2.06. The Morgan fingerprint density at radius 2 is 2.12 bits per heavy atom. The van der Waals surface area contributed by atoms with Crippen molar-refractivity contribution in [1.82, 2.24) is 0 Å². The first-order valence-electron chi connectivity index (χ1n) is 1.72. The molecule has 0 aliphatic heterocycles. The van der Waals surface area contributed by atoms with Gasteiger partial charge in [-0.15, -0.1) is 0 Å². The molecule has 0 unspecified atom stereocenters. The van der Waals surface area contributed by atoms with Gasteiger partial charge in [-0.2, -0.15) is 0 Å². The van der Waals surface area contributed by atoms with Crippen LogP contribution in [0.15, 0.2) is 12.7 Å². The van der Waals surface area contributed by atoms with Crippen molar-refractivity contribution in [3.8, 4) is 0 Å². The molecule has 5 heteroatoms. The Bertz CT molecular complexity index is 203. The minimum absolute atomic E-state index is 0.655. The summed E-state index contributed by atoms with van der Waals surface area (Å²) in [5.41, 5.74) is 0. The maximum absolute atomic E-state index is 10.0. The molecule has 4 nitrogen and oxygen atoms in total. The van der Waals surface area contributed by atoms with Crippen LogP contribution in [-0.2, 0) is 10.0 Å². The standard InChI is InChI=1S/C3H6N2O2S/c1-2-3(4)8(5,6)7/h2,4H,1H2,(H2,5,6,7). The molecule has 0 radical (unpaired) electrons. The summed E-state index contributed by atoms with van der Waals surface area (Å²) in [6, 6.07) is 0. The van der Waals surface area contributed by atoms with E-state index >= 15 is 0 Å². The van der Waals surface area contributed by atoms with E-state index in [4.69, 9.17) is 5.41 Å². The van der Waals surface area contributed by atoms with Gasteiger partial charge in [-0.25, -0.2) is 13.6 Å². The summed E-state index contributed by atoms with van der Waals surface area (Å²) >= 11 is 0. The van der Waals surface area contributed by atoms with Gasteiger partial charge in [0, 0.05) is 0 Å². The third-order valence-electron chi connectivity index (χ3n) is 0.492. The zero-order valence-corrected chi connectivity index (χ0v) is 4.90. The van der Waals surface area contributed by atoms with Crippen LogP contribution >= 0.6 is 0 Å². The molecule has 0 spiro atoms. The average Bonchev–Trinajstić information content (AvgIpc) is 1.62. The number of primary sulfonamides is 1. The lowest BCUT2D eigenvalue weighted by atomic mass is 10.7. The van der Waals surface area contributed by atoms with Crippen molar-refractivity contribution in [1.29, 1.82) is 5.41 Å². The van der Waals surface area contributed by atoms with Gasteiger partial charge >= 0.3 is 0 Å². The summed E-state index contributed by atoms with van der Waals surface area (Å²) < 4.78 is 20.1. The van der Waals surface area contributed by atoms with E-state index in [0.717, 1.165) is 6.08 Å². The Labute approximate surface area is 47.6 Å². The maximum Gasteiger partial charge on any atom is 0.254 e. The third kappa shape index (κ3) is 1.85. The highest BCUT2D eigenvalue weighted by molar-refractivity contribution is 8.04. The largest absolute Gasteiger partial charge is 0.288 e. The van der Waals surface area contributed by atoms with Crippen LogP contribution in [0.25, 0.3) is 0 Å². The number of nitrogens with two attached hydrogens (primary N) is 1. The van der Waals surface area contributed by atoms with Gasteiger partial charge < -0.3 is 0 Å². The molecule has 0 heterocycles. The van der Waals surface area contributed by atoms with Crippen LogP contribution in [0, 0.1) is 5.41 Å². The van der Waals surface area contributed by atoms with Crippen LogP contribution in [0.4, 0.5) is 0 Å². The van der Waals surface area contributed by atoms with Crippen LogP contribution < -0.4 is 5.14 Å². The highest BCUT2D eigenvalue weighted by Gasteiger charge is 2.04. The first-order valence-corrected chi connectivity index (χ1v) is 3.27. The van der Waals surface area contributed by atoms with Gasteiger partial charge in [0.05, 0.1) is 0 Å². The van der Waals surface area contributed by atoms with Crippen molar-refractivity contribution < 1.29 is 8.42 Å². The van der Waals surface area contributed by atoms with E-state index in [2.05, 4.69) is 11.7 Å². The molecule has 0 aliphatic carbocycles. The highest BCUT2D eigenvalue weighted by atomic mass is 32.2. The van der Waals surface area contributed by atoms with Crippen molar-refractivity contribution in [2.75, 3.05) is 0 Å². The molecule has 0 rings (SSSR count). The van der Waals surface area contributed by atoms with Crippen molar-refractivity contribution in [2.24, 2.45) is 5.14 Å². The van der Waals surface area contributed by atoms with Gasteiger partial charge in [-0.1, -0.05) is 6.58 Å². The number of hydrogen-bond donors (Lipinski definition) is 2. The predicted octanol–water partition coefficient (Wildman–Crippen LogP) is -0.562. The summed E-state index contributed by atoms with van der Waals surface area (Å²) in [6.45, 7) is 3.04. The number of sulfonamides is 1. The molecule has 46 valence electrons. The Balaban J connectivity index is 4.53. The van der Waals surface area contributed by atoms with Crippen LogP contribution in [0.5, 0.6) is 0 Å². The summed E-state index contributed by atoms with van der Waals surface area (Å²) in [5, 5.41) is 10.4. The second-order valence-electron chi connectivity index (χ2n) is 1.11. The predicted molar refractivity (Wildman–Crippen MR) is 31.0 cm³/mol. The molecule has 3 N–H and O–H groups in total. The van der Waals surface area contributed by atoms with Gasteiger partial charge in [-0.3, -0.25) is 5.41 Å². The van der Waals surface area contributed by atoms with E-state index in [1.165, 1.54) is 0 Å². The maximum atomic E-state index is 10.0. The molecular formula is C3H6N2O2S. The fourth-order valence-corrected chi connectivity index (χ4v) is 0.348. The van der Waals surface area contributed by atoms with Gasteiger partial charge in [0.2, 0.25) is 0 Å². The lowest BCUT2D eigenvalue weighted by Crippen LogP contribution is -2.20. The van der Waals surface area contributed by atoms with Gasteiger partial charge in [0.25, 0.3) is 10.0 Å². The van der Waals surface area contributed by atoms with E-state index in [1.807, 2.05) is 0 Å². The van der Waals surface area contributed by atoms with Gasteiger partial charge in [-0.05, 0) is 6.08 Å². The molecule has 0 fully saturated rings.